The van der Waals surface area contributed by atoms with Crippen LogP contribution in [0.2, 0.25) is 0 Å². The summed E-state index contributed by atoms with van der Waals surface area (Å²) in [6, 6.07) is 7.49. The molecular weight excluding hydrogens is 472 g/mol. The van der Waals surface area contributed by atoms with Gasteiger partial charge in [-0.25, -0.2) is 9.78 Å². The molecule has 1 aliphatic rings. The van der Waals surface area contributed by atoms with E-state index in [0.717, 1.165) is 28.7 Å². The molecule has 0 saturated heterocycles. The van der Waals surface area contributed by atoms with Crippen LogP contribution in [0, 0.1) is 6.92 Å². The predicted octanol–water partition coefficient (Wildman–Crippen LogP) is 3.88. The van der Waals surface area contributed by atoms with Crippen molar-refractivity contribution in [1.29, 1.82) is 0 Å². The van der Waals surface area contributed by atoms with E-state index in [-0.39, 0.29) is 18.1 Å². The summed E-state index contributed by atoms with van der Waals surface area (Å²) in [5.41, 5.74) is 1.29. The van der Waals surface area contributed by atoms with Gasteiger partial charge in [-0.05, 0) is 31.0 Å². The second-order valence-corrected chi connectivity index (χ2v) is 8.84. The maximum absolute atomic E-state index is 12.8. The van der Waals surface area contributed by atoms with Gasteiger partial charge in [0.25, 0.3) is 11.4 Å². The Hall–Kier alpha value is -2.85. The summed E-state index contributed by atoms with van der Waals surface area (Å²) >= 11 is 4.58. The third-order valence-electron chi connectivity index (χ3n) is 4.97. The van der Waals surface area contributed by atoms with Gasteiger partial charge in [0.2, 0.25) is 5.82 Å². The molecule has 30 heavy (non-hydrogen) atoms. The van der Waals surface area contributed by atoms with E-state index in [4.69, 9.17) is 9.26 Å². The third-order valence-corrected chi connectivity index (χ3v) is 6.63. The number of aromatic nitrogens is 4. The molecule has 0 saturated carbocycles. The second-order valence-electron chi connectivity index (χ2n) is 6.92. The van der Waals surface area contributed by atoms with E-state index >= 15 is 0 Å². The number of fused-ring (bicyclic) bond motifs is 2. The van der Waals surface area contributed by atoms with Crippen LogP contribution in [0.15, 0.2) is 38.1 Å². The lowest BCUT2D eigenvalue weighted by Gasteiger charge is -2.02. The molecule has 0 N–H and O–H groups in total. The smallest absolute Gasteiger partial charge is 0.349 e. The molecule has 0 fully saturated rings. The lowest BCUT2D eigenvalue weighted by molar-refractivity contribution is 0.0435. The standard InChI is InChI=1S/C20H15BrN4O4S/c1-10-15-18(22-13-6-3-7-25(13)19(15)26)30-16(10)20(27)28-9-14-23-17(24-29-14)11-4-2-5-12(21)8-11/h2,4-5,8H,3,6-7,9H2,1H3. The van der Waals surface area contributed by atoms with Gasteiger partial charge in [0.05, 0.1) is 5.39 Å². The lowest BCUT2D eigenvalue weighted by Crippen LogP contribution is -2.20. The molecule has 5 rings (SSSR count). The van der Waals surface area contributed by atoms with E-state index in [1.165, 1.54) is 11.3 Å². The molecule has 3 aromatic heterocycles. The van der Waals surface area contributed by atoms with Crippen molar-refractivity contribution in [2.75, 3.05) is 0 Å². The molecule has 0 radical (unpaired) electrons. The Kier molecular flexibility index (Phi) is 4.75. The van der Waals surface area contributed by atoms with Crippen LogP contribution in [-0.4, -0.2) is 25.7 Å². The number of rotatable bonds is 4. The quantitative estimate of drug-likeness (QED) is 0.403. The monoisotopic (exact) mass is 486 g/mol. The molecule has 1 aromatic carbocycles. The first-order chi connectivity index (χ1) is 14.5. The maximum Gasteiger partial charge on any atom is 0.349 e. The van der Waals surface area contributed by atoms with Gasteiger partial charge in [0, 0.05) is 23.0 Å². The Morgan fingerprint density at radius 3 is 3.07 bits per heavy atom. The van der Waals surface area contributed by atoms with E-state index in [9.17, 15) is 9.59 Å². The van der Waals surface area contributed by atoms with Gasteiger partial charge in [-0.2, -0.15) is 4.98 Å². The summed E-state index contributed by atoms with van der Waals surface area (Å²) in [7, 11) is 0. The Morgan fingerprint density at radius 1 is 1.37 bits per heavy atom. The van der Waals surface area contributed by atoms with Crippen LogP contribution in [-0.2, 0) is 24.3 Å². The van der Waals surface area contributed by atoms with Gasteiger partial charge >= 0.3 is 5.97 Å². The highest BCUT2D eigenvalue weighted by Gasteiger charge is 2.24. The Morgan fingerprint density at radius 2 is 2.23 bits per heavy atom. The number of aryl methyl sites for hydroxylation is 2. The van der Waals surface area contributed by atoms with E-state index in [0.29, 0.717) is 33.0 Å². The number of esters is 1. The third kappa shape index (κ3) is 3.25. The fourth-order valence-electron chi connectivity index (χ4n) is 3.52. The zero-order valence-electron chi connectivity index (χ0n) is 15.8. The molecule has 152 valence electrons. The molecule has 10 heteroatoms. The van der Waals surface area contributed by atoms with E-state index in [1.807, 2.05) is 24.3 Å². The molecule has 1 aliphatic heterocycles. The fourth-order valence-corrected chi connectivity index (χ4v) is 5.00. The van der Waals surface area contributed by atoms with Crippen molar-refractivity contribution >= 4 is 43.5 Å². The van der Waals surface area contributed by atoms with Gasteiger partial charge in [-0.1, -0.05) is 33.2 Å². The van der Waals surface area contributed by atoms with Gasteiger partial charge in [0.1, 0.15) is 15.5 Å². The minimum Gasteiger partial charge on any atom is -0.451 e. The summed E-state index contributed by atoms with van der Waals surface area (Å²) in [5, 5.41) is 4.42. The molecule has 0 atom stereocenters. The summed E-state index contributed by atoms with van der Waals surface area (Å²) < 4.78 is 13.1. The van der Waals surface area contributed by atoms with Crippen LogP contribution in [0.3, 0.4) is 0 Å². The van der Waals surface area contributed by atoms with Crippen LogP contribution < -0.4 is 5.56 Å². The largest absolute Gasteiger partial charge is 0.451 e. The second kappa shape index (κ2) is 7.44. The molecule has 4 heterocycles. The first kappa shape index (κ1) is 19.1. The van der Waals surface area contributed by atoms with Gasteiger partial charge in [0.15, 0.2) is 6.61 Å². The fraction of sp³-hybridized carbons (Fsp3) is 0.250. The number of nitrogens with zero attached hydrogens (tertiary/aromatic N) is 4. The number of benzene rings is 1. The minimum atomic E-state index is -0.540. The lowest BCUT2D eigenvalue weighted by atomic mass is 10.2. The Bertz CT molecular complexity index is 1360. The van der Waals surface area contributed by atoms with Gasteiger partial charge in [-0.3, -0.25) is 9.36 Å². The number of hydrogen-bond donors (Lipinski definition) is 0. The Labute approximate surface area is 182 Å². The van der Waals surface area contributed by atoms with Crippen LogP contribution in [0.1, 0.15) is 33.4 Å². The number of thiophene rings is 1. The van der Waals surface area contributed by atoms with Crippen molar-refractivity contribution in [2.24, 2.45) is 0 Å². The van der Waals surface area contributed by atoms with Gasteiger partial charge < -0.3 is 9.26 Å². The van der Waals surface area contributed by atoms with Crippen LogP contribution in [0.4, 0.5) is 0 Å². The SMILES string of the molecule is Cc1c(C(=O)OCc2nc(-c3cccc(Br)c3)no2)sc2nc3n(c(=O)c12)CCC3. The molecule has 8 nitrogen and oxygen atoms in total. The first-order valence-corrected chi connectivity index (χ1v) is 10.9. The molecule has 4 aromatic rings. The van der Waals surface area contributed by atoms with Crippen LogP contribution >= 0.6 is 27.3 Å². The Balaban J connectivity index is 1.36. The van der Waals surface area contributed by atoms with Crippen molar-refractivity contribution < 1.29 is 14.1 Å². The van der Waals surface area contributed by atoms with E-state index in [1.54, 1.807) is 11.5 Å². The number of carbonyl (C=O) groups is 1. The topological polar surface area (TPSA) is 100 Å². The summed E-state index contributed by atoms with van der Waals surface area (Å²) in [6.45, 7) is 2.26. The van der Waals surface area contributed by atoms with E-state index < -0.39 is 5.97 Å². The van der Waals surface area contributed by atoms with Crippen LogP contribution in [0.25, 0.3) is 21.6 Å². The molecular formula is C20H15BrN4O4S. The van der Waals surface area contributed by atoms with Crippen molar-refractivity contribution in [3.05, 3.63) is 61.2 Å². The van der Waals surface area contributed by atoms with Gasteiger partial charge in [-0.15, -0.1) is 11.3 Å². The number of hydrogen-bond acceptors (Lipinski definition) is 8. The highest BCUT2D eigenvalue weighted by Crippen LogP contribution is 2.29. The van der Waals surface area contributed by atoms with E-state index in [2.05, 4.69) is 31.1 Å². The highest BCUT2D eigenvalue weighted by molar-refractivity contribution is 9.10. The summed E-state index contributed by atoms with van der Waals surface area (Å²) in [5.74, 6) is 0.836. The summed E-state index contributed by atoms with van der Waals surface area (Å²) in [4.78, 5) is 35.2. The van der Waals surface area contributed by atoms with Crippen molar-refractivity contribution in [1.82, 2.24) is 19.7 Å². The number of ether oxygens (including phenoxy) is 1. The highest BCUT2D eigenvalue weighted by atomic mass is 79.9. The number of carbonyl (C=O) groups excluding carboxylic acids is 1. The normalized spacial score (nSPS) is 13.0. The predicted molar refractivity (Wildman–Crippen MR) is 113 cm³/mol. The minimum absolute atomic E-state index is 0.0872. The zero-order chi connectivity index (χ0) is 20.8. The molecule has 0 unspecified atom stereocenters. The maximum atomic E-state index is 12.8. The average Bonchev–Trinajstić information content (AvgIpc) is 3.45. The average molecular weight is 487 g/mol. The van der Waals surface area contributed by atoms with Crippen molar-refractivity contribution in [3.8, 4) is 11.4 Å². The summed E-state index contributed by atoms with van der Waals surface area (Å²) in [6.07, 6.45) is 1.69. The number of halogens is 1. The molecule has 0 aliphatic carbocycles. The molecule has 0 bridgehead atoms. The first-order valence-electron chi connectivity index (χ1n) is 9.29. The zero-order valence-corrected chi connectivity index (χ0v) is 18.2. The van der Waals surface area contributed by atoms with Crippen LogP contribution in [0.5, 0.6) is 0 Å². The van der Waals surface area contributed by atoms with Crippen molar-refractivity contribution in [2.45, 2.75) is 32.9 Å². The molecule has 0 spiro atoms. The molecule has 0 amide bonds. The van der Waals surface area contributed by atoms with Crippen molar-refractivity contribution in [3.63, 3.8) is 0 Å².